The van der Waals surface area contributed by atoms with Crippen LogP contribution < -0.4 is 5.32 Å². The summed E-state index contributed by atoms with van der Waals surface area (Å²) in [4.78, 5) is 12.7. The predicted octanol–water partition coefficient (Wildman–Crippen LogP) is 3.21. The van der Waals surface area contributed by atoms with Gasteiger partial charge in [-0.05, 0) is 57.3 Å². The normalized spacial score (nSPS) is 21.4. The fourth-order valence-corrected chi connectivity index (χ4v) is 3.58. The van der Waals surface area contributed by atoms with E-state index in [0.717, 1.165) is 32.5 Å². The summed E-state index contributed by atoms with van der Waals surface area (Å²) in [6, 6.07) is 1.92. The highest BCUT2D eigenvalue weighted by Crippen LogP contribution is 2.33. The Morgan fingerprint density at radius 2 is 2.36 bits per heavy atom. The largest absolute Gasteiger partial charge is 0.307 e. The van der Waals surface area contributed by atoms with Crippen molar-refractivity contribution in [2.75, 3.05) is 6.54 Å². The Bertz CT molecular complexity index is 338. The molecule has 1 saturated heterocycles. The highest BCUT2D eigenvalue weighted by molar-refractivity contribution is 9.13. The average molecular weight is 339 g/mol. The first-order chi connectivity index (χ1) is 6.68. The SMILES string of the molecule is O=C(c1cc(Br)c(Br)s1)C1CCCN1. The lowest BCUT2D eigenvalue weighted by Gasteiger charge is -2.05. The van der Waals surface area contributed by atoms with Crippen molar-refractivity contribution < 1.29 is 4.79 Å². The Morgan fingerprint density at radius 1 is 1.57 bits per heavy atom. The van der Waals surface area contributed by atoms with Crippen molar-refractivity contribution >= 4 is 49.0 Å². The Kier molecular flexibility index (Phi) is 3.42. The van der Waals surface area contributed by atoms with Crippen LogP contribution in [0.3, 0.4) is 0 Å². The van der Waals surface area contributed by atoms with Gasteiger partial charge in [0, 0.05) is 4.47 Å². The van der Waals surface area contributed by atoms with Crippen molar-refractivity contribution in [2.24, 2.45) is 0 Å². The lowest BCUT2D eigenvalue weighted by molar-refractivity contribution is 0.0956. The van der Waals surface area contributed by atoms with Crippen LogP contribution in [0.15, 0.2) is 14.3 Å². The third-order valence-corrected chi connectivity index (χ3v) is 5.54. The Balaban J connectivity index is 2.18. The molecule has 2 rings (SSSR count). The molecule has 0 saturated carbocycles. The predicted molar refractivity (Wildman–Crippen MR) is 65.1 cm³/mol. The van der Waals surface area contributed by atoms with Gasteiger partial charge in [-0.1, -0.05) is 0 Å². The number of rotatable bonds is 2. The molecule has 1 aliphatic rings. The summed E-state index contributed by atoms with van der Waals surface area (Å²) < 4.78 is 1.95. The van der Waals surface area contributed by atoms with Gasteiger partial charge in [-0.25, -0.2) is 0 Å². The number of halogens is 2. The third kappa shape index (κ3) is 2.10. The number of carbonyl (C=O) groups excluding carboxylic acids is 1. The molecule has 1 aromatic heterocycles. The fourth-order valence-electron chi connectivity index (χ4n) is 1.55. The molecule has 2 nitrogen and oxygen atoms in total. The van der Waals surface area contributed by atoms with Crippen LogP contribution in [0.4, 0.5) is 0 Å². The number of carbonyl (C=O) groups is 1. The zero-order chi connectivity index (χ0) is 10.1. The molecule has 0 aromatic carbocycles. The second-order valence-corrected chi connectivity index (χ2v) is 6.47. The molecule has 76 valence electrons. The summed E-state index contributed by atoms with van der Waals surface area (Å²) in [7, 11) is 0. The zero-order valence-electron chi connectivity index (χ0n) is 7.35. The standard InChI is InChI=1S/C9H9Br2NOS/c10-5-4-7(14-9(5)11)8(13)6-2-1-3-12-6/h4,6,12H,1-3H2. The molecule has 14 heavy (non-hydrogen) atoms. The van der Waals surface area contributed by atoms with Gasteiger partial charge in [0.2, 0.25) is 0 Å². The van der Waals surface area contributed by atoms with E-state index in [1.165, 1.54) is 11.3 Å². The van der Waals surface area contributed by atoms with E-state index in [1.807, 2.05) is 6.07 Å². The fraction of sp³-hybridized carbons (Fsp3) is 0.444. The Hall–Kier alpha value is 0.290. The van der Waals surface area contributed by atoms with E-state index in [0.29, 0.717) is 0 Å². The maximum Gasteiger partial charge on any atom is 0.189 e. The van der Waals surface area contributed by atoms with Gasteiger partial charge >= 0.3 is 0 Å². The van der Waals surface area contributed by atoms with Crippen LogP contribution in [0.1, 0.15) is 22.5 Å². The quantitative estimate of drug-likeness (QED) is 0.839. The molecule has 1 fully saturated rings. The lowest BCUT2D eigenvalue weighted by atomic mass is 10.1. The van der Waals surface area contributed by atoms with Crippen LogP contribution in [-0.2, 0) is 0 Å². The molecular weight excluding hydrogens is 330 g/mol. The summed E-state index contributed by atoms with van der Waals surface area (Å²) in [5, 5.41) is 3.21. The van der Waals surface area contributed by atoms with Crippen LogP contribution in [0, 0.1) is 0 Å². The molecule has 5 heteroatoms. The highest BCUT2D eigenvalue weighted by atomic mass is 79.9. The minimum atomic E-state index is 0.0347. The first-order valence-electron chi connectivity index (χ1n) is 4.41. The summed E-state index contributed by atoms with van der Waals surface area (Å²) in [6.07, 6.45) is 2.07. The second kappa shape index (κ2) is 4.43. The maximum atomic E-state index is 11.9. The molecule has 0 bridgehead atoms. The molecule has 2 heterocycles. The molecule has 1 aromatic rings. The van der Waals surface area contributed by atoms with Crippen molar-refractivity contribution in [1.29, 1.82) is 0 Å². The van der Waals surface area contributed by atoms with Crippen molar-refractivity contribution in [3.05, 3.63) is 19.2 Å². The van der Waals surface area contributed by atoms with Gasteiger partial charge in [0.1, 0.15) is 0 Å². The molecule has 1 unspecified atom stereocenters. The van der Waals surface area contributed by atoms with Crippen molar-refractivity contribution in [3.63, 3.8) is 0 Å². The number of Topliss-reactive ketones (excluding diaryl/α,β-unsaturated/α-hetero) is 1. The van der Waals surface area contributed by atoms with Crippen LogP contribution >= 0.6 is 43.2 Å². The first-order valence-corrected chi connectivity index (χ1v) is 6.81. The monoisotopic (exact) mass is 337 g/mol. The zero-order valence-corrected chi connectivity index (χ0v) is 11.3. The van der Waals surface area contributed by atoms with Crippen molar-refractivity contribution in [1.82, 2.24) is 5.32 Å². The van der Waals surface area contributed by atoms with E-state index in [9.17, 15) is 4.79 Å². The van der Waals surface area contributed by atoms with Gasteiger partial charge in [0.15, 0.2) is 5.78 Å². The number of ketones is 1. The minimum Gasteiger partial charge on any atom is -0.307 e. The summed E-state index contributed by atoms with van der Waals surface area (Å²) in [5.74, 6) is 0.221. The summed E-state index contributed by atoms with van der Waals surface area (Å²) >= 11 is 8.27. The second-order valence-electron chi connectivity index (χ2n) is 3.25. The number of hydrogen-bond donors (Lipinski definition) is 1. The molecule has 1 aliphatic heterocycles. The molecule has 1 atom stereocenters. The van der Waals surface area contributed by atoms with Crippen molar-refractivity contribution in [3.8, 4) is 0 Å². The molecule has 0 spiro atoms. The van der Waals surface area contributed by atoms with Gasteiger partial charge in [-0.2, -0.15) is 0 Å². The summed E-state index contributed by atoms with van der Waals surface area (Å²) in [6.45, 7) is 0.962. The van der Waals surface area contributed by atoms with E-state index in [2.05, 4.69) is 37.2 Å². The maximum absolute atomic E-state index is 11.9. The van der Waals surface area contributed by atoms with Gasteiger partial charge in [-0.3, -0.25) is 4.79 Å². The Morgan fingerprint density at radius 3 is 2.86 bits per heavy atom. The molecule has 0 amide bonds. The number of thiophene rings is 1. The Labute approximate surface area is 103 Å². The van der Waals surface area contributed by atoms with Crippen molar-refractivity contribution in [2.45, 2.75) is 18.9 Å². The first kappa shape index (κ1) is 10.8. The van der Waals surface area contributed by atoms with E-state index >= 15 is 0 Å². The molecule has 1 N–H and O–H groups in total. The average Bonchev–Trinajstić information content (AvgIpc) is 2.76. The van der Waals surface area contributed by atoms with E-state index in [4.69, 9.17) is 0 Å². The van der Waals surface area contributed by atoms with Crippen LogP contribution in [0.2, 0.25) is 0 Å². The lowest BCUT2D eigenvalue weighted by Crippen LogP contribution is -2.30. The van der Waals surface area contributed by atoms with Crippen LogP contribution in [0.25, 0.3) is 0 Å². The van der Waals surface area contributed by atoms with Gasteiger partial charge < -0.3 is 5.32 Å². The topological polar surface area (TPSA) is 29.1 Å². The van der Waals surface area contributed by atoms with E-state index < -0.39 is 0 Å². The third-order valence-electron chi connectivity index (χ3n) is 2.26. The van der Waals surface area contributed by atoms with Gasteiger partial charge in [0.25, 0.3) is 0 Å². The van der Waals surface area contributed by atoms with E-state index in [-0.39, 0.29) is 11.8 Å². The molecular formula is C9H9Br2NOS. The highest BCUT2D eigenvalue weighted by Gasteiger charge is 2.24. The summed E-state index contributed by atoms with van der Waals surface area (Å²) in [5.41, 5.74) is 0. The van der Waals surface area contributed by atoms with Gasteiger partial charge in [0.05, 0.1) is 14.7 Å². The van der Waals surface area contributed by atoms with Crippen LogP contribution in [0.5, 0.6) is 0 Å². The smallest absolute Gasteiger partial charge is 0.189 e. The minimum absolute atomic E-state index is 0.0347. The molecule has 0 radical (unpaired) electrons. The van der Waals surface area contributed by atoms with Crippen LogP contribution in [-0.4, -0.2) is 18.4 Å². The van der Waals surface area contributed by atoms with E-state index in [1.54, 1.807) is 0 Å². The van der Waals surface area contributed by atoms with Gasteiger partial charge in [-0.15, -0.1) is 11.3 Å². The molecule has 0 aliphatic carbocycles. The number of nitrogens with one attached hydrogen (secondary N) is 1. The number of hydrogen-bond acceptors (Lipinski definition) is 3.